The predicted octanol–water partition coefficient (Wildman–Crippen LogP) is 2.57. The molecule has 3 N–H and O–H groups in total. The summed E-state index contributed by atoms with van der Waals surface area (Å²) in [5.41, 5.74) is 3.05. The Morgan fingerprint density at radius 1 is 1.29 bits per heavy atom. The topological polar surface area (TPSA) is 120 Å². The number of hydrogen-bond acceptors (Lipinski definition) is 6. The number of aliphatic hydroxyl groups excluding tert-OH is 1. The Bertz CT molecular complexity index is 1290. The van der Waals surface area contributed by atoms with Gasteiger partial charge in [-0.25, -0.2) is 14.4 Å². The van der Waals surface area contributed by atoms with Crippen LogP contribution < -0.4 is 10.1 Å². The van der Waals surface area contributed by atoms with E-state index < -0.39 is 18.0 Å². The summed E-state index contributed by atoms with van der Waals surface area (Å²) in [5, 5.41) is 13.4. The van der Waals surface area contributed by atoms with Crippen molar-refractivity contribution in [2.45, 2.75) is 45.3 Å². The highest BCUT2D eigenvalue weighted by atomic mass is 19.1. The summed E-state index contributed by atoms with van der Waals surface area (Å²) < 4.78 is 19.9. The number of aromatic nitrogens is 3. The van der Waals surface area contributed by atoms with Crippen LogP contribution in [0.15, 0.2) is 24.5 Å². The summed E-state index contributed by atoms with van der Waals surface area (Å²) in [7, 11) is 0. The third kappa shape index (κ3) is 4.70. The van der Waals surface area contributed by atoms with Crippen LogP contribution >= 0.6 is 0 Å². The van der Waals surface area contributed by atoms with Crippen LogP contribution in [0, 0.1) is 18.7 Å². The first kappa shape index (κ1) is 23.2. The monoisotopic (exact) mass is 481 g/mol. The molecule has 1 aromatic carbocycles. The summed E-state index contributed by atoms with van der Waals surface area (Å²) in [4.78, 5) is 38.4. The molecular weight excluding hydrogens is 453 g/mol. The molecule has 2 fully saturated rings. The Kier molecular flexibility index (Phi) is 6.14. The molecule has 1 saturated heterocycles. The maximum Gasteiger partial charge on any atom is 0.255 e. The molecule has 2 amide bonds. The zero-order chi connectivity index (χ0) is 24.7. The normalized spacial score (nSPS) is 20.2. The van der Waals surface area contributed by atoms with Crippen molar-refractivity contribution in [3.05, 3.63) is 41.6 Å². The summed E-state index contributed by atoms with van der Waals surface area (Å²) in [6, 6.07) is 3.84. The van der Waals surface area contributed by atoms with Crippen molar-refractivity contribution < 1.29 is 23.8 Å². The van der Waals surface area contributed by atoms with Gasteiger partial charge in [-0.2, -0.15) is 0 Å². The number of nitrogens with one attached hydrogen (secondary N) is 2. The molecule has 0 unspecified atom stereocenters. The first-order valence-electron chi connectivity index (χ1n) is 11.8. The van der Waals surface area contributed by atoms with Gasteiger partial charge in [-0.15, -0.1) is 0 Å². The third-order valence-corrected chi connectivity index (χ3v) is 6.71. The average Bonchev–Trinajstić information content (AvgIpc) is 3.58. The molecule has 10 heteroatoms. The van der Waals surface area contributed by atoms with E-state index in [1.54, 1.807) is 17.9 Å². The molecule has 9 nitrogen and oxygen atoms in total. The molecule has 2 aromatic heterocycles. The maximum atomic E-state index is 14.0. The number of aromatic amines is 1. The van der Waals surface area contributed by atoms with E-state index in [9.17, 15) is 19.1 Å². The van der Waals surface area contributed by atoms with Gasteiger partial charge < -0.3 is 25.0 Å². The average molecular weight is 482 g/mol. The van der Waals surface area contributed by atoms with E-state index in [2.05, 4.69) is 20.3 Å². The highest BCUT2D eigenvalue weighted by molar-refractivity contribution is 6.09. The molecular formula is C25H28FN5O4. The van der Waals surface area contributed by atoms with E-state index in [1.807, 2.05) is 0 Å². The van der Waals surface area contributed by atoms with Crippen molar-refractivity contribution in [2.24, 2.45) is 5.92 Å². The summed E-state index contributed by atoms with van der Waals surface area (Å²) in [6.07, 6.45) is 3.18. The highest BCUT2D eigenvalue weighted by Crippen LogP contribution is 2.36. The number of halogens is 1. The molecule has 1 aliphatic heterocycles. The van der Waals surface area contributed by atoms with E-state index in [-0.39, 0.29) is 18.4 Å². The summed E-state index contributed by atoms with van der Waals surface area (Å²) >= 11 is 0. The lowest BCUT2D eigenvalue weighted by Gasteiger charge is -2.35. The van der Waals surface area contributed by atoms with Crippen molar-refractivity contribution in [2.75, 3.05) is 19.7 Å². The van der Waals surface area contributed by atoms with Crippen LogP contribution in [0.4, 0.5) is 4.39 Å². The molecule has 0 bridgehead atoms. The molecule has 1 saturated carbocycles. The quantitative estimate of drug-likeness (QED) is 0.498. The van der Waals surface area contributed by atoms with Crippen LogP contribution in [0.25, 0.3) is 22.3 Å². The van der Waals surface area contributed by atoms with E-state index in [1.165, 1.54) is 25.4 Å². The first-order chi connectivity index (χ1) is 16.8. The standard InChI is InChI=1S/C25H28FN5O4/c1-13-21(25(34)30-18-7-8-31(14(2)32)10-19(18)33)23-24(29-13)22(27-12-28-23)17-6-5-16(26)9-20(17)35-11-15-3-4-15/h5-6,9,12,15,18-19,29,33H,3-4,7-8,10-11H2,1-2H3,(H,30,34)/t18-,19+/m1/s1. The zero-order valence-corrected chi connectivity index (χ0v) is 19.7. The van der Waals surface area contributed by atoms with Crippen molar-refractivity contribution in [3.63, 3.8) is 0 Å². The van der Waals surface area contributed by atoms with Crippen LogP contribution in [-0.2, 0) is 4.79 Å². The fraction of sp³-hybridized carbons (Fsp3) is 0.440. The number of β-amino-alcohol motifs (C(OH)–C–C–N with tert-alkyl or cyclic N) is 1. The number of benzene rings is 1. The molecule has 35 heavy (non-hydrogen) atoms. The van der Waals surface area contributed by atoms with Crippen molar-refractivity contribution in [3.8, 4) is 17.0 Å². The third-order valence-electron chi connectivity index (χ3n) is 6.71. The number of ether oxygens (including phenoxy) is 1. The van der Waals surface area contributed by atoms with Gasteiger partial charge in [-0.1, -0.05) is 0 Å². The number of aryl methyl sites for hydroxylation is 1. The second-order valence-electron chi connectivity index (χ2n) is 9.37. The lowest BCUT2D eigenvalue weighted by atomic mass is 10.0. The minimum absolute atomic E-state index is 0.105. The first-order valence-corrected chi connectivity index (χ1v) is 11.8. The number of carbonyl (C=O) groups is 2. The number of nitrogens with zero attached hydrogens (tertiary/aromatic N) is 3. The number of H-pyrrole nitrogens is 1. The number of carbonyl (C=O) groups excluding carboxylic acids is 2. The molecule has 2 atom stereocenters. The van der Waals surface area contributed by atoms with Crippen LogP contribution in [-0.4, -0.2) is 68.6 Å². The number of rotatable bonds is 6. The molecule has 0 spiro atoms. The van der Waals surface area contributed by atoms with Gasteiger partial charge in [-0.3, -0.25) is 9.59 Å². The minimum atomic E-state index is -0.863. The highest BCUT2D eigenvalue weighted by Gasteiger charge is 2.32. The van der Waals surface area contributed by atoms with Crippen LogP contribution in [0.2, 0.25) is 0 Å². The second kappa shape index (κ2) is 9.26. The number of piperidine rings is 1. The van der Waals surface area contributed by atoms with Gasteiger partial charge in [0, 0.05) is 37.3 Å². The lowest BCUT2D eigenvalue weighted by Crippen LogP contribution is -2.55. The van der Waals surface area contributed by atoms with E-state index >= 15 is 0 Å². The molecule has 184 valence electrons. The fourth-order valence-corrected chi connectivity index (χ4v) is 4.53. The van der Waals surface area contributed by atoms with Gasteiger partial charge in [-0.05, 0) is 44.2 Å². The van der Waals surface area contributed by atoms with E-state index in [4.69, 9.17) is 4.74 Å². The van der Waals surface area contributed by atoms with Gasteiger partial charge in [0.1, 0.15) is 29.1 Å². The Morgan fingerprint density at radius 3 is 2.80 bits per heavy atom. The fourth-order valence-electron chi connectivity index (χ4n) is 4.53. The van der Waals surface area contributed by atoms with Crippen LogP contribution in [0.3, 0.4) is 0 Å². The van der Waals surface area contributed by atoms with Crippen LogP contribution in [0.1, 0.15) is 42.2 Å². The molecule has 3 aromatic rings. The maximum absolute atomic E-state index is 14.0. The smallest absolute Gasteiger partial charge is 0.255 e. The molecule has 1 aliphatic carbocycles. The number of hydrogen-bond donors (Lipinski definition) is 3. The van der Waals surface area contributed by atoms with E-state index in [0.717, 1.165) is 12.8 Å². The van der Waals surface area contributed by atoms with E-state index in [0.29, 0.717) is 64.8 Å². The minimum Gasteiger partial charge on any atom is -0.492 e. The Labute approximate surface area is 201 Å². The van der Waals surface area contributed by atoms with Gasteiger partial charge in [0.15, 0.2) is 0 Å². The van der Waals surface area contributed by atoms with Crippen molar-refractivity contribution in [1.29, 1.82) is 0 Å². The Morgan fingerprint density at radius 2 is 2.09 bits per heavy atom. The van der Waals surface area contributed by atoms with Gasteiger partial charge in [0.25, 0.3) is 5.91 Å². The molecule has 2 aliphatic rings. The molecule has 3 heterocycles. The van der Waals surface area contributed by atoms with Crippen LogP contribution in [0.5, 0.6) is 5.75 Å². The Hall–Kier alpha value is -3.53. The van der Waals surface area contributed by atoms with Gasteiger partial charge in [0.05, 0.1) is 29.8 Å². The van der Waals surface area contributed by atoms with Crippen molar-refractivity contribution in [1.82, 2.24) is 25.2 Å². The van der Waals surface area contributed by atoms with Gasteiger partial charge >= 0.3 is 0 Å². The lowest BCUT2D eigenvalue weighted by molar-refractivity contribution is -0.132. The molecule has 5 rings (SSSR count). The van der Waals surface area contributed by atoms with Gasteiger partial charge in [0.2, 0.25) is 5.91 Å². The zero-order valence-electron chi connectivity index (χ0n) is 19.7. The predicted molar refractivity (Wildman–Crippen MR) is 126 cm³/mol. The summed E-state index contributed by atoms with van der Waals surface area (Å²) in [5.74, 6) is 0.0181. The number of amides is 2. The molecule has 0 radical (unpaired) electrons. The Balaban J connectivity index is 1.44. The summed E-state index contributed by atoms with van der Waals surface area (Å²) in [6.45, 7) is 4.39. The number of likely N-dealkylation sites (tertiary alicyclic amines) is 1. The van der Waals surface area contributed by atoms with Crippen molar-refractivity contribution >= 4 is 22.8 Å². The number of aliphatic hydroxyl groups is 1. The second-order valence-corrected chi connectivity index (χ2v) is 9.37. The largest absolute Gasteiger partial charge is 0.492 e. The SMILES string of the molecule is CC(=O)N1CC[C@@H](NC(=O)c2c(C)[nH]c3c(-c4ccc(F)cc4OCC4CC4)ncnc23)[C@@H](O)C1. The number of fused-ring (bicyclic) bond motifs is 1.